The van der Waals surface area contributed by atoms with Gasteiger partial charge in [0.2, 0.25) is 5.88 Å². The first kappa shape index (κ1) is 11.5. The molecule has 2 rings (SSSR count). The van der Waals surface area contributed by atoms with Crippen LogP contribution in [0.3, 0.4) is 0 Å². The molecule has 0 bridgehead atoms. The monoisotopic (exact) mass is 241 g/mol. The zero-order chi connectivity index (χ0) is 13.0. The zero-order valence-electron chi connectivity index (χ0n) is 9.07. The van der Waals surface area contributed by atoms with Crippen LogP contribution in [0.25, 0.3) is 0 Å². The van der Waals surface area contributed by atoms with Crippen LogP contribution in [0.2, 0.25) is 0 Å². The molecule has 0 aliphatic carbocycles. The van der Waals surface area contributed by atoms with Crippen molar-refractivity contribution in [1.82, 2.24) is 9.97 Å². The fourth-order valence-electron chi connectivity index (χ4n) is 1.28. The molecule has 0 unspecified atom stereocenters. The minimum absolute atomic E-state index is 0.0765. The van der Waals surface area contributed by atoms with Gasteiger partial charge in [-0.25, -0.2) is 14.8 Å². The van der Waals surface area contributed by atoms with Crippen molar-refractivity contribution in [1.29, 1.82) is 5.26 Å². The standard InChI is InChI=1S/C12H7N3O3/c13-7-8-3-5-14-10(6-8)18-9-2-1-4-15-11(9)12(16)17/h1-6H,(H,16,17). The molecule has 2 aromatic heterocycles. The number of carboxylic acids is 1. The molecular formula is C12H7N3O3. The van der Waals surface area contributed by atoms with Gasteiger partial charge in [-0.05, 0) is 18.2 Å². The number of rotatable bonds is 3. The van der Waals surface area contributed by atoms with Gasteiger partial charge in [-0.1, -0.05) is 0 Å². The summed E-state index contributed by atoms with van der Waals surface area (Å²) in [4.78, 5) is 18.5. The number of aromatic carboxylic acids is 1. The van der Waals surface area contributed by atoms with Crippen LogP contribution in [0.1, 0.15) is 16.1 Å². The molecule has 2 aromatic rings. The van der Waals surface area contributed by atoms with E-state index >= 15 is 0 Å². The molecule has 2 heterocycles. The summed E-state index contributed by atoms with van der Waals surface area (Å²) in [5.74, 6) is -0.973. The van der Waals surface area contributed by atoms with E-state index in [-0.39, 0.29) is 17.3 Å². The molecule has 6 nitrogen and oxygen atoms in total. The highest BCUT2D eigenvalue weighted by atomic mass is 16.5. The van der Waals surface area contributed by atoms with E-state index in [1.807, 2.05) is 6.07 Å². The topological polar surface area (TPSA) is 96.1 Å². The molecule has 0 spiro atoms. The van der Waals surface area contributed by atoms with Crippen molar-refractivity contribution in [3.63, 3.8) is 0 Å². The van der Waals surface area contributed by atoms with Gasteiger partial charge in [0.05, 0.1) is 11.6 Å². The van der Waals surface area contributed by atoms with E-state index in [2.05, 4.69) is 9.97 Å². The lowest BCUT2D eigenvalue weighted by atomic mass is 10.3. The second kappa shape index (κ2) is 4.93. The lowest BCUT2D eigenvalue weighted by Crippen LogP contribution is -2.03. The fourth-order valence-corrected chi connectivity index (χ4v) is 1.28. The van der Waals surface area contributed by atoms with Gasteiger partial charge in [0.25, 0.3) is 0 Å². The molecule has 6 heteroatoms. The fraction of sp³-hybridized carbons (Fsp3) is 0. The summed E-state index contributed by atoms with van der Waals surface area (Å²) < 4.78 is 5.31. The maximum Gasteiger partial charge on any atom is 0.358 e. The molecule has 0 aliphatic rings. The number of pyridine rings is 2. The van der Waals surface area contributed by atoms with Crippen molar-refractivity contribution in [2.24, 2.45) is 0 Å². The largest absolute Gasteiger partial charge is 0.476 e. The maximum atomic E-state index is 10.9. The molecule has 18 heavy (non-hydrogen) atoms. The van der Waals surface area contributed by atoms with Crippen molar-refractivity contribution in [3.8, 4) is 17.7 Å². The van der Waals surface area contributed by atoms with Gasteiger partial charge in [0.1, 0.15) is 0 Å². The van der Waals surface area contributed by atoms with Crippen LogP contribution >= 0.6 is 0 Å². The van der Waals surface area contributed by atoms with Crippen LogP contribution in [0.5, 0.6) is 11.6 Å². The summed E-state index contributed by atoms with van der Waals surface area (Å²) >= 11 is 0. The number of aromatic nitrogens is 2. The first-order valence-corrected chi connectivity index (χ1v) is 4.93. The zero-order valence-corrected chi connectivity index (χ0v) is 9.07. The Morgan fingerprint density at radius 1 is 1.33 bits per heavy atom. The number of ether oxygens (including phenoxy) is 1. The van der Waals surface area contributed by atoms with Crippen molar-refractivity contribution in [2.45, 2.75) is 0 Å². The number of hydrogen-bond donors (Lipinski definition) is 1. The predicted octanol–water partition coefficient (Wildman–Crippen LogP) is 1.84. The highest BCUT2D eigenvalue weighted by molar-refractivity contribution is 5.88. The van der Waals surface area contributed by atoms with Crippen LogP contribution in [-0.4, -0.2) is 21.0 Å². The molecule has 0 radical (unpaired) electrons. The lowest BCUT2D eigenvalue weighted by Gasteiger charge is -2.06. The van der Waals surface area contributed by atoms with Gasteiger partial charge in [-0.3, -0.25) is 0 Å². The third-order valence-electron chi connectivity index (χ3n) is 2.05. The molecule has 0 amide bonds. The van der Waals surface area contributed by atoms with Crippen molar-refractivity contribution in [2.75, 3.05) is 0 Å². The highest BCUT2D eigenvalue weighted by Gasteiger charge is 2.13. The number of nitrogens with zero attached hydrogens (tertiary/aromatic N) is 3. The van der Waals surface area contributed by atoms with Crippen LogP contribution in [0.15, 0.2) is 36.7 Å². The summed E-state index contributed by atoms with van der Waals surface area (Å²) in [6, 6.07) is 7.90. The molecule has 0 fully saturated rings. The number of carboxylic acid groups (broad SMARTS) is 1. The molecule has 1 N–H and O–H groups in total. The third kappa shape index (κ3) is 2.41. The Bertz CT molecular complexity index is 634. The van der Waals surface area contributed by atoms with Crippen molar-refractivity contribution < 1.29 is 14.6 Å². The van der Waals surface area contributed by atoms with E-state index in [1.54, 1.807) is 6.07 Å². The van der Waals surface area contributed by atoms with E-state index in [0.717, 1.165) is 0 Å². The maximum absolute atomic E-state index is 10.9. The number of carbonyl (C=O) groups is 1. The molecule has 0 saturated carbocycles. The first-order valence-electron chi connectivity index (χ1n) is 4.93. The summed E-state index contributed by atoms with van der Waals surface area (Å²) in [5.41, 5.74) is 0.169. The molecule has 0 aromatic carbocycles. The lowest BCUT2D eigenvalue weighted by molar-refractivity contribution is 0.0687. The smallest absolute Gasteiger partial charge is 0.358 e. The summed E-state index contributed by atoms with van der Waals surface area (Å²) in [6.45, 7) is 0. The van der Waals surface area contributed by atoms with E-state index in [0.29, 0.717) is 5.56 Å². The minimum Gasteiger partial charge on any atom is -0.476 e. The normalized spacial score (nSPS) is 9.50. The first-order chi connectivity index (χ1) is 8.70. The Balaban J connectivity index is 2.34. The van der Waals surface area contributed by atoms with Crippen LogP contribution < -0.4 is 4.74 Å². The van der Waals surface area contributed by atoms with Crippen LogP contribution in [0.4, 0.5) is 0 Å². The highest BCUT2D eigenvalue weighted by Crippen LogP contribution is 2.22. The van der Waals surface area contributed by atoms with Gasteiger partial charge < -0.3 is 9.84 Å². The van der Waals surface area contributed by atoms with E-state index < -0.39 is 5.97 Å². The second-order valence-electron chi connectivity index (χ2n) is 3.25. The van der Waals surface area contributed by atoms with Gasteiger partial charge in [-0.15, -0.1) is 0 Å². The SMILES string of the molecule is N#Cc1ccnc(Oc2cccnc2C(=O)O)c1. The van der Waals surface area contributed by atoms with E-state index in [1.165, 1.54) is 30.6 Å². The Morgan fingerprint density at radius 3 is 2.89 bits per heavy atom. The van der Waals surface area contributed by atoms with E-state index in [4.69, 9.17) is 15.1 Å². The Labute approximate surface area is 102 Å². The average Bonchev–Trinajstić information content (AvgIpc) is 2.39. The summed E-state index contributed by atoms with van der Waals surface area (Å²) in [7, 11) is 0. The Kier molecular flexibility index (Phi) is 3.16. The van der Waals surface area contributed by atoms with Crippen molar-refractivity contribution >= 4 is 5.97 Å². The molecular weight excluding hydrogens is 234 g/mol. The van der Waals surface area contributed by atoms with Crippen molar-refractivity contribution in [3.05, 3.63) is 47.9 Å². The quantitative estimate of drug-likeness (QED) is 0.880. The van der Waals surface area contributed by atoms with Gasteiger partial charge in [-0.2, -0.15) is 5.26 Å². The summed E-state index contributed by atoms with van der Waals surface area (Å²) in [5, 5.41) is 17.7. The van der Waals surface area contributed by atoms with Gasteiger partial charge in [0, 0.05) is 18.5 Å². The molecule has 0 saturated heterocycles. The number of hydrogen-bond acceptors (Lipinski definition) is 5. The average molecular weight is 241 g/mol. The van der Waals surface area contributed by atoms with E-state index in [9.17, 15) is 4.79 Å². The predicted molar refractivity (Wildman–Crippen MR) is 60.2 cm³/mol. The third-order valence-corrected chi connectivity index (χ3v) is 2.05. The number of nitriles is 1. The Hall–Kier alpha value is -2.94. The van der Waals surface area contributed by atoms with Gasteiger partial charge in [0.15, 0.2) is 11.4 Å². The Morgan fingerprint density at radius 2 is 2.17 bits per heavy atom. The van der Waals surface area contributed by atoms with Crippen LogP contribution in [0, 0.1) is 11.3 Å². The van der Waals surface area contributed by atoms with Gasteiger partial charge >= 0.3 is 5.97 Å². The second-order valence-corrected chi connectivity index (χ2v) is 3.25. The minimum atomic E-state index is -1.19. The molecule has 88 valence electrons. The van der Waals surface area contributed by atoms with Crippen LogP contribution in [-0.2, 0) is 0 Å². The molecule has 0 atom stereocenters. The molecule has 0 aliphatic heterocycles. The summed E-state index contributed by atoms with van der Waals surface area (Å²) in [6.07, 6.45) is 2.76.